The smallest absolute Gasteiger partial charge is 0.307 e. The summed E-state index contributed by atoms with van der Waals surface area (Å²) in [7, 11) is 1.50. The first kappa shape index (κ1) is 15.5. The van der Waals surface area contributed by atoms with Gasteiger partial charge in [-0.1, -0.05) is 12.1 Å². The van der Waals surface area contributed by atoms with Crippen LogP contribution in [0.5, 0.6) is 0 Å². The number of nitrogens with one attached hydrogen (secondary N) is 1. The molecule has 1 amide bonds. The molecule has 0 saturated carbocycles. The van der Waals surface area contributed by atoms with E-state index in [0.29, 0.717) is 24.5 Å². The quantitative estimate of drug-likeness (QED) is 0.826. The van der Waals surface area contributed by atoms with Gasteiger partial charge in [0, 0.05) is 25.3 Å². The van der Waals surface area contributed by atoms with Gasteiger partial charge in [-0.2, -0.15) is 0 Å². The van der Waals surface area contributed by atoms with Crippen LogP contribution < -0.4 is 5.32 Å². The van der Waals surface area contributed by atoms with Gasteiger partial charge in [-0.25, -0.2) is 0 Å². The van der Waals surface area contributed by atoms with Gasteiger partial charge in [0.25, 0.3) is 5.91 Å². The van der Waals surface area contributed by atoms with E-state index in [0.717, 1.165) is 6.42 Å². The number of anilines is 1. The van der Waals surface area contributed by atoms with Gasteiger partial charge < -0.3 is 19.9 Å². The lowest BCUT2D eigenvalue weighted by molar-refractivity contribution is -0.136. The lowest BCUT2D eigenvalue weighted by Crippen LogP contribution is -2.36. The fraction of sp³-hybridized carbons (Fsp3) is 0.467. The maximum atomic E-state index is 12.3. The highest BCUT2D eigenvalue weighted by Gasteiger charge is 2.31. The summed E-state index contributed by atoms with van der Waals surface area (Å²) in [5.74, 6) is -1.09. The minimum atomic E-state index is -0.906. The van der Waals surface area contributed by atoms with Gasteiger partial charge in [0.1, 0.15) is 6.10 Å². The molecule has 0 radical (unpaired) electrons. The number of carbonyl (C=O) groups is 2. The SMILES string of the molecule is COC(C(=O)Nc1cccc(CC(=O)O)c1)C1CCOC1. The Morgan fingerprint density at radius 2 is 2.33 bits per heavy atom. The third-order valence-corrected chi connectivity index (χ3v) is 3.46. The molecule has 1 fully saturated rings. The largest absolute Gasteiger partial charge is 0.481 e. The van der Waals surface area contributed by atoms with E-state index in [4.69, 9.17) is 14.6 Å². The Hall–Kier alpha value is -1.92. The Bertz CT molecular complexity index is 511. The lowest BCUT2D eigenvalue weighted by atomic mass is 10.0. The van der Waals surface area contributed by atoms with Crippen LogP contribution in [0.3, 0.4) is 0 Å². The van der Waals surface area contributed by atoms with Crippen LogP contribution in [0.25, 0.3) is 0 Å². The van der Waals surface area contributed by atoms with Crippen molar-refractivity contribution in [2.45, 2.75) is 18.9 Å². The topological polar surface area (TPSA) is 84.9 Å². The normalized spacial score (nSPS) is 19.2. The summed E-state index contributed by atoms with van der Waals surface area (Å²) in [6, 6.07) is 6.81. The molecule has 21 heavy (non-hydrogen) atoms. The molecule has 6 heteroatoms. The van der Waals surface area contributed by atoms with Crippen molar-refractivity contribution < 1.29 is 24.2 Å². The first-order chi connectivity index (χ1) is 10.1. The van der Waals surface area contributed by atoms with Crippen LogP contribution in [0.15, 0.2) is 24.3 Å². The van der Waals surface area contributed by atoms with E-state index >= 15 is 0 Å². The first-order valence-corrected chi connectivity index (χ1v) is 6.82. The molecule has 0 aromatic heterocycles. The van der Waals surface area contributed by atoms with Gasteiger partial charge in [-0.05, 0) is 24.1 Å². The fourth-order valence-corrected chi connectivity index (χ4v) is 2.45. The Balaban J connectivity index is 2.02. The van der Waals surface area contributed by atoms with E-state index in [2.05, 4.69) is 5.32 Å². The van der Waals surface area contributed by atoms with Crippen molar-refractivity contribution >= 4 is 17.6 Å². The number of rotatable bonds is 6. The molecule has 1 aliphatic heterocycles. The van der Waals surface area contributed by atoms with Gasteiger partial charge in [-0.3, -0.25) is 9.59 Å². The highest BCUT2D eigenvalue weighted by atomic mass is 16.5. The number of hydrogen-bond acceptors (Lipinski definition) is 4. The summed E-state index contributed by atoms with van der Waals surface area (Å²) in [6.45, 7) is 1.16. The molecule has 0 aliphatic carbocycles. The van der Waals surface area contributed by atoms with Gasteiger partial charge >= 0.3 is 5.97 Å². The summed E-state index contributed by atoms with van der Waals surface area (Å²) in [6.07, 6.45) is 0.161. The third kappa shape index (κ3) is 4.27. The zero-order valence-electron chi connectivity index (χ0n) is 11.9. The predicted octanol–water partition coefficient (Wildman–Crippen LogP) is 1.30. The summed E-state index contributed by atoms with van der Waals surface area (Å²) in [5, 5.41) is 11.6. The van der Waals surface area contributed by atoms with Gasteiger partial charge in [0.15, 0.2) is 0 Å². The Kier molecular flexibility index (Phi) is 5.30. The lowest BCUT2D eigenvalue weighted by Gasteiger charge is -2.20. The minimum absolute atomic E-state index is 0.0530. The molecule has 6 nitrogen and oxygen atoms in total. The highest BCUT2D eigenvalue weighted by molar-refractivity contribution is 5.94. The number of carboxylic acid groups (broad SMARTS) is 1. The van der Waals surface area contributed by atoms with E-state index in [-0.39, 0.29) is 18.2 Å². The highest BCUT2D eigenvalue weighted by Crippen LogP contribution is 2.21. The Morgan fingerprint density at radius 3 is 2.95 bits per heavy atom. The van der Waals surface area contributed by atoms with E-state index < -0.39 is 12.1 Å². The molecule has 1 saturated heterocycles. The van der Waals surface area contributed by atoms with Crippen LogP contribution in [0.4, 0.5) is 5.69 Å². The summed E-state index contributed by atoms with van der Waals surface area (Å²) < 4.78 is 10.6. The summed E-state index contributed by atoms with van der Waals surface area (Å²) >= 11 is 0. The molecular formula is C15H19NO5. The molecule has 1 aromatic rings. The number of carbonyl (C=O) groups excluding carboxylic acids is 1. The molecule has 2 unspecified atom stereocenters. The number of methoxy groups -OCH3 is 1. The number of amides is 1. The molecule has 1 heterocycles. The number of ether oxygens (including phenoxy) is 2. The molecule has 2 atom stereocenters. The number of carboxylic acids is 1. The van der Waals surface area contributed by atoms with Crippen molar-refractivity contribution in [2.75, 3.05) is 25.6 Å². The average Bonchev–Trinajstić information content (AvgIpc) is 2.93. The number of hydrogen-bond donors (Lipinski definition) is 2. The zero-order chi connectivity index (χ0) is 15.2. The average molecular weight is 293 g/mol. The van der Waals surface area contributed by atoms with Gasteiger partial charge in [-0.15, -0.1) is 0 Å². The second-order valence-corrected chi connectivity index (χ2v) is 5.04. The third-order valence-electron chi connectivity index (χ3n) is 3.46. The standard InChI is InChI=1S/C15H19NO5/c1-20-14(11-5-6-21-9-11)15(19)16-12-4-2-3-10(7-12)8-13(17)18/h2-4,7,11,14H,5-6,8-9H2,1H3,(H,16,19)(H,17,18). The van der Waals surface area contributed by atoms with Crippen molar-refractivity contribution in [1.82, 2.24) is 0 Å². The second kappa shape index (κ2) is 7.19. The Labute approximate surface area is 123 Å². The minimum Gasteiger partial charge on any atom is -0.481 e. The maximum Gasteiger partial charge on any atom is 0.307 e. The zero-order valence-corrected chi connectivity index (χ0v) is 11.9. The summed E-state index contributed by atoms with van der Waals surface area (Å²) in [5.41, 5.74) is 1.21. The van der Waals surface area contributed by atoms with Crippen LogP contribution in [0.1, 0.15) is 12.0 Å². The van der Waals surface area contributed by atoms with E-state index in [1.807, 2.05) is 0 Å². The molecule has 1 aliphatic rings. The molecule has 0 spiro atoms. The predicted molar refractivity (Wildman–Crippen MR) is 76.1 cm³/mol. The van der Waals surface area contributed by atoms with Crippen LogP contribution in [0, 0.1) is 5.92 Å². The van der Waals surface area contributed by atoms with Crippen molar-refractivity contribution in [2.24, 2.45) is 5.92 Å². The van der Waals surface area contributed by atoms with E-state index in [1.165, 1.54) is 7.11 Å². The van der Waals surface area contributed by atoms with Gasteiger partial charge in [0.05, 0.1) is 13.0 Å². The fourth-order valence-electron chi connectivity index (χ4n) is 2.45. The van der Waals surface area contributed by atoms with Crippen LogP contribution in [-0.2, 0) is 25.5 Å². The van der Waals surface area contributed by atoms with Crippen LogP contribution >= 0.6 is 0 Å². The molecule has 2 rings (SSSR count). The van der Waals surface area contributed by atoms with Crippen molar-refractivity contribution in [3.63, 3.8) is 0 Å². The summed E-state index contributed by atoms with van der Waals surface area (Å²) in [4.78, 5) is 23.0. The first-order valence-electron chi connectivity index (χ1n) is 6.82. The molecule has 0 bridgehead atoms. The van der Waals surface area contributed by atoms with Crippen LogP contribution in [0.2, 0.25) is 0 Å². The van der Waals surface area contributed by atoms with Crippen molar-refractivity contribution in [3.8, 4) is 0 Å². The maximum absolute atomic E-state index is 12.3. The van der Waals surface area contributed by atoms with Crippen molar-refractivity contribution in [3.05, 3.63) is 29.8 Å². The number of aliphatic carboxylic acids is 1. The molecule has 2 N–H and O–H groups in total. The van der Waals surface area contributed by atoms with Crippen molar-refractivity contribution in [1.29, 1.82) is 0 Å². The number of benzene rings is 1. The monoisotopic (exact) mass is 293 g/mol. The second-order valence-electron chi connectivity index (χ2n) is 5.04. The van der Waals surface area contributed by atoms with Crippen LogP contribution in [-0.4, -0.2) is 43.4 Å². The van der Waals surface area contributed by atoms with E-state index in [1.54, 1.807) is 24.3 Å². The Morgan fingerprint density at radius 1 is 1.52 bits per heavy atom. The molecule has 1 aromatic carbocycles. The molecule has 114 valence electrons. The van der Waals surface area contributed by atoms with Gasteiger partial charge in [0.2, 0.25) is 0 Å². The van der Waals surface area contributed by atoms with E-state index in [9.17, 15) is 9.59 Å². The molecular weight excluding hydrogens is 274 g/mol.